The highest BCUT2D eigenvalue weighted by molar-refractivity contribution is 7.98. The van der Waals surface area contributed by atoms with E-state index in [9.17, 15) is 0 Å². The summed E-state index contributed by atoms with van der Waals surface area (Å²) in [4.78, 5) is 0. The average Bonchev–Trinajstić information content (AvgIpc) is 2.85. The molecule has 19 heavy (non-hydrogen) atoms. The second-order valence-corrected chi connectivity index (χ2v) is 5.44. The molecule has 0 saturated carbocycles. The van der Waals surface area contributed by atoms with Crippen molar-refractivity contribution in [3.05, 3.63) is 34.9 Å². The van der Waals surface area contributed by atoms with Crippen LogP contribution in [-0.4, -0.2) is 33.8 Å². The van der Waals surface area contributed by atoms with Gasteiger partial charge in [0.05, 0.1) is 6.54 Å². The first kappa shape index (κ1) is 14.0. The summed E-state index contributed by atoms with van der Waals surface area (Å²) in [5.74, 6) is 0.890. The molecule has 0 fully saturated rings. The molecule has 1 N–H and O–H groups in total. The predicted octanol–water partition coefficient (Wildman–Crippen LogP) is 1.80. The molecule has 0 amide bonds. The lowest BCUT2D eigenvalue weighted by Gasteiger charge is -2.06. The maximum Gasteiger partial charge on any atom is 0.209 e. The highest BCUT2D eigenvalue weighted by Crippen LogP contribution is 2.21. The van der Waals surface area contributed by atoms with Crippen LogP contribution in [0.5, 0.6) is 0 Å². The lowest BCUT2D eigenvalue weighted by Crippen LogP contribution is -2.16. The average molecular weight is 277 g/mol. The van der Waals surface area contributed by atoms with E-state index >= 15 is 0 Å². The van der Waals surface area contributed by atoms with Crippen molar-refractivity contribution in [3.63, 3.8) is 0 Å². The van der Waals surface area contributed by atoms with Crippen molar-refractivity contribution in [3.8, 4) is 0 Å². The third-order valence-electron chi connectivity index (χ3n) is 3.01. The number of likely N-dealkylation sites (N-methyl/N-ethyl adjacent to an activating group) is 1. The zero-order valence-corrected chi connectivity index (χ0v) is 12.4. The van der Waals surface area contributed by atoms with Crippen LogP contribution in [0.15, 0.2) is 23.4 Å². The van der Waals surface area contributed by atoms with Gasteiger partial charge in [-0.1, -0.05) is 30.0 Å². The molecule has 0 bridgehead atoms. The molecule has 2 rings (SSSR count). The summed E-state index contributed by atoms with van der Waals surface area (Å²) in [7, 11) is 1.92. The summed E-state index contributed by atoms with van der Waals surface area (Å²) in [6.07, 6.45) is 0. The van der Waals surface area contributed by atoms with Gasteiger partial charge in [-0.15, -0.1) is 5.10 Å². The standard InChI is InChI=1S/C13H19N5S/c1-10-4-5-12(8-11(10)2)9-19-13-15-16-17-18(13)7-6-14-3/h4-5,8,14H,6-7,9H2,1-3H3. The summed E-state index contributed by atoms with van der Waals surface area (Å²) in [5.41, 5.74) is 3.96. The van der Waals surface area contributed by atoms with E-state index < -0.39 is 0 Å². The summed E-state index contributed by atoms with van der Waals surface area (Å²) in [6.45, 7) is 5.92. The molecule has 102 valence electrons. The van der Waals surface area contributed by atoms with Crippen LogP contribution in [0.2, 0.25) is 0 Å². The van der Waals surface area contributed by atoms with Gasteiger partial charge in [0.1, 0.15) is 0 Å². The number of rotatable bonds is 6. The summed E-state index contributed by atoms with van der Waals surface area (Å²) < 4.78 is 1.84. The molecular formula is C13H19N5S. The van der Waals surface area contributed by atoms with Crippen molar-refractivity contribution >= 4 is 11.8 Å². The van der Waals surface area contributed by atoms with Crippen molar-refractivity contribution < 1.29 is 0 Å². The number of aromatic nitrogens is 4. The van der Waals surface area contributed by atoms with Gasteiger partial charge in [0, 0.05) is 12.3 Å². The van der Waals surface area contributed by atoms with Crippen LogP contribution >= 0.6 is 11.8 Å². The Hall–Kier alpha value is -1.40. The van der Waals surface area contributed by atoms with Crippen molar-refractivity contribution in [1.82, 2.24) is 25.5 Å². The number of nitrogens with zero attached hydrogens (tertiary/aromatic N) is 4. The molecule has 0 atom stereocenters. The van der Waals surface area contributed by atoms with Gasteiger partial charge >= 0.3 is 0 Å². The second-order valence-electron chi connectivity index (χ2n) is 4.50. The first-order valence-electron chi connectivity index (χ1n) is 6.30. The molecule has 0 spiro atoms. The maximum absolute atomic E-state index is 4.06. The third kappa shape index (κ3) is 3.78. The largest absolute Gasteiger partial charge is 0.318 e. The fourth-order valence-electron chi connectivity index (χ4n) is 1.70. The number of aryl methyl sites for hydroxylation is 2. The molecule has 1 heterocycles. The van der Waals surface area contributed by atoms with Gasteiger partial charge in [-0.2, -0.15) is 0 Å². The van der Waals surface area contributed by atoms with Gasteiger partial charge in [-0.25, -0.2) is 4.68 Å². The quantitative estimate of drug-likeness (QED) is 0.816. The van der Waals surface area contributed by atoms with Gasteiger partial charge in [0.25, 0.3) is 0 Å². The van der Waals surface area contributed by atoms with Gasteiger partial charge in [-0.3, -0.25) is 0 Å². The Morgan fingerprint density at radius 1 is 1.26 bits per heavy atom. The number of tetrazole rings is 1. The van der Waals surface area contributed by atoms with E-state index in [1.54, 1.807) is 11.8 Å². The van der Waals surface area contributed by atoms with Crippen LogP contribution in [0.3, 0.4) is 0 Å². The Morgan fingerprint density at radius 3 is 2.84 bits per heavy atom. The van der Waals surface area contributed by atoms with E-state index in [4.69, 9.17) is 0 Å². The number of hydrogen-bond donors (Lipinski definition) is 1. The molecule has 6 heteroatoms. The van der Waals surface area contributed by atoms with Gasteiger partial charge in [-0.05, 0) is 48.0 Å². The predicted molar refractivity (Wildman–Crippen MR) is 77.2 cm³/mol. The molecule has 0 aliphatic heterocycles. The number of hydrogen-bond acceptors (Lipinski definition) is 5. The van der Waals surface area contributed by atoms with Crippen LogP contribution in [0.25, 0.3) is 0 Å². The molecule has 0 aliphatic carbocycles. The number of nitrogens with one attached hydrogen (secondary N) is 1. The van der Waals surface area contributed by atoms with Crippen molar-refractivity contribution in [2.24, 2.45) is 0 Å². The SMILES string of the molecule is CNCCn1nnnc1SCc1ccc(C)c(C)c1. The monoisotopic (exact) mass is 277 g/mol. The van der Waals surface area contributed by atoms with Gasteiger partial charge in [0.15, 0.2) is 0 Å². The third-order valence-corrected chi connectivity index (χ3v) is 4.04. The topological polar surface area (TPSA) is 55.6 Å². The molecule has 1 aromatic carbocycles. The normalized spacial score (nSPS) is 10.9. The van der Waals surface area contributed by atoms with E-state index in [-0.39, 0.29) is 0 Å². The first-order chi connectivity index (χ1) is 9.20. The van der Waals surface area contributed by atoms with E-state index in [1.807, 2.05) is 11.7 Å². The molecule has 0 aliphatic rings. The summed E-state index contributed by atoms with van der Waals surface area (Å²) in [5, 5.41) is 15.8. The van der Waals surface area contributed by atoms with Crippen molar-refractivity contribution in [2.45, 2.75) is 31.3 Å². The van der Waals surface area contributed by atoms with Crippen LogP contribution in [-0.2, 0) is 12.3 Å². The summed E-state index contributed by atoms with van der Waals surface area (Å²) >= 11 is 1.67. The minimum absolute atomic E-state index is 0.790. The number of thioether (sulfide) groups is 1. The number of benzene rings is 1. The van der Waals surface area contributed by atoms with E-state index in [1.165, 1.54) is 16.7 Å². The Kier molecular flexibility index (Phi) is 4.93. The van der Waals surface area contributed by atoms with Crippen LogP contribution in [0, 0.1) is 13.8 Å². The maximum atomic E-state index is 4.06. The molecule has 2 aromatic rings. The Balaban J connectivity index is 1.98. The fraction of sp³-hybridized carbons (Fsp3) is 0.462. The first-order valence-corrected chi connectivity index (χ1v) is 7.29. The van der Waals surface area contributed by atoms with Crippen LogP contribution in [0.1, 0.15) is 16.7 Å². The highest BCUT2D eigenvalue weighted by Gasteiger charge is 2.06. The van der Waals surface area contributed by atoms with Crippen LogP contribution < -0.4 is 5.32 Å². The fourth-order valence-corrected chi connectivity index (χ4v) is 2.55. The highest BCUT2D eigenvalue weighted by atomic mass is 32.2. The molecule has 0 unspecified atom stereocenters. The van der Waals surface area contributed by atoms with Gasteiger partial charge in [0.2, 0.25) is 5.16 Å². The Labute approximate surface area is 117 Å². The minimum atomic E-state index is 0.790. The summed E-state index contributed by atoms with van der Waals surface area (Å²) in [6, 6.07) is 6.55. The molecular weight excluding hydrogens is 258 g/mol. The van der Waals surface area contributed by atoms with E-state index in [2.05, 4.69) is 52.9 Å². The molecule has 0 radical (unpaired) electrons. The Morgan fingerprint density at radius 2 is 2.11 bits per heavy atom. The zero-order chi connectivity index (χ0) is 13.7. The van der Waals surface area contributed by atoms with Crippen molar-refractivity contribution in [2.75, 3.05) is 13.6 Å². The molecule has 1 aromatic heterocycles. The minimum Gasteiger partial charge on any atom is -0.318 e. The lowest BCUT2D eigenvalue weighted by molar-refractivity contribution is 0.530. The van der Waals surface area contributed by atoms with Crippen LogP contribution in [0.4, 0.5) is 0 Å². The smallest absolute Gasteiger partial charge is 0.209 e. The second kappa shape index (κ2) is 6.68. The van der Waals surface area contributed by atoms with Gasteiger partial charge < -0.3 is 5.32 Å². The zero-order valence-electron chi connectivity index (χ0n) is 11.6. The molecule has 0 saturated heterocycles. The molecule has 5 nitrogen and oxygen atoms in total. The van der Waals surface area contributed by atoms with E-state index in [0.717, 1.165) is 24.0 Å². The van der Waals surface area contributed by atoms with E-state index in [0.29, 0.717) is 0 Å². The van der Waals surface area contributed by atoms with Crippen molar-refractivity contribution in [1.29, 1.82) is 0 Å². The Bertz CT molecular complexity index is 538. The lowest BCUT2D eigenvalue weighted by atomic mass is 10.1.